The summed E-state index contributed by atoms with van der Waals surface area (Å²) < 4.78 is 0. The highest BCUT2D eigenvalue weighted by atomic mass is 14.7. The maximum atomic E-state index is 3.89. The smallest absolute Gasteiger partial charge is 0.0781 e. The number of hydrogen-bond donors (Lipinski definition) is 2. The van der Waals surface area contributed by atoms with Crippen molar-refractivity contribution in [3.8, 4) is 0 Å². The Bertz CT molecular complexity index is 415. The number of aryl methyl sites for hydroxylation is 1. The maximum Gasteiger partial charge on any atom is 0.0781 e. The third-order valence-corrected chi connectivity index (χ3v) is 2.45. The molecule has 0 bridgehead atoms. The zero-order chi connectivity index (χ0) is 9.26. The third kappa shape index (κ3) is 1.33. The van der Waals surface area contributed by atoms with Gasteiger partial charge in [0.15, 0.2) is 0 Å². The van der Waals surface area contributed by atoms with E-state index in [2.05, 4.69) is 41.9 Å². The fraction of sp³-hybridized carbons (Fsp3) is 0.273. The summed E-state index contributed by atoms with van der Waals surface area (Å²) in [5.41, 5.74) is 7.84. The Morgan fingerprint density at radius 3 is 2.85 bits per heavy atom. The van der Waals surface area contributed by atoms with Crippen molar-refractivity contribution < 1.29 is 5.73 Å². The topological polar surface area (TPSA) is 43.4 Å². The SMILES string of the molecule is Cc1[nH]c2ccccc2c1CC[NH3+]. The van der Waals surface area contributed by atoms with Crippen LogP contribution in [0.25, 0.3) is 10.9 Å². The Hall–Kier alpha value is -1.28. The van der Waals surface area contributed by atoms with Crippen LogP contribution < -0.4 is 5.73 Å². The lowest BCUT2D eigenvalue weighted by Gasteiger charge is -1.95. The van der Waals surface area contributed by atoms with E-state index in [0.717, 1.165) is 13.0 Å². The molecule has 0 fully saturated rings. The molecule has 4 N–H and O–H groups in total. The van der Waals surface area contributed by atoms with Crippen LogP contribution in [0.3, 0.4) is 0 Å². The second kappa shape index (κ2) is 3.23. The molecule has 13 heavy (non-hydrogen) atoms. The van der Waals surface area contributed by atoms with Crippen molar-refractivity contribution in [2.75, 3.05) is 6.54 Å². The maximum absolute atomic E-state index is 3.89. The van der Waals surface area contributed by atoms with Gasteiger partial charge in [0.1, 0.15) is 0 Å². The molecule has 0 aliphatic rings. The van der Waals surface area contributed by atoms with Crippen LogP contribution in [0.2, 0.25) is 0 Å². The van der Waals surface area contributed by atoms with Crippen molar-refractivity contribution in [3.63, 3.8) is 0 Å². The highest BCUT2D eigenvalue weighted by molar-refractivity contribution is 5.84. The van der Waals surface area contributed by atoms with Crippen LogP contribution in [-0.2, 0) is 6.42 Å². The zero-order valence-electron chi connectivity index (χ0n) is 7.93. The van der Waals surface area contributed by atoms with E-state index in [9.17, 15) is 0 Å². The van der Waals surface area contributed by atoms with E-state index in [0.29, 0.717) is 0 Å². The average molecular weight is 175 g/mol. The minimum atomic E-state index is 0.961. The molecule has 0 amide bonds. The standard InChI is InChI=1S/C11H14N2/c1-8-9(6-7-12)10-4-2-3-5-11(10)13-8/h2-5,13H,6-7,12H2,1H3/p+1. The lowest BCUT2D eigenvalue weighted by atomic mass is 10.1. The quantitative estimate of drug-likeness (QED) is 0.690. The van der Waals surface area contributed by atoms with Crippen molar-refractivity contribution >= 4 is 10.9 Å². The van der Waals surface area contributed by atoms with Gasteiger partial charge >= 0.3 is 0 Å². The number of fused-ring (bicyclic) bond motifs is 1. The van der Waals surface area contributed by atoms with Crippen molar-refractivity contribution in [2.24, 2.45) is 0 Å². The van der Waals surface area contributed by atoms with Gasteiger partial charge in [-0.1, -0.05) is 18.2 Å². The second-order valence-electron chi connectivity index (χ2n) is 3.38. The summed E-state index contributed by atoms with van der Waals surface area (Å²) in [6.45, 7) is 3.09. The molecule has 2 heteroatoms. The van der Waals surface area contributed by atoms with Crippen LogP contribution in [0.1, 0.15) is 11.3 Å². The Morgan fingerprint density at radius 1 is 1.31 bits per heavy atom. The normalized spacial score (nSPS) is 10.9. The monoisotopic (exact) mass is 175 g/mol. The van der Waals surface area contributed by atoms with Gasteiger partial charge < -0.3 is 10.7 Å². The molecule has 0 saturated heterocycles. The van der Waals surface area contributed by atoms with Gasteiger partial charge in [0.2, 0.25) is 0 Å². The fourth-order valence-electron chi connectivity index (χ4n) is 1.83. The van der Waals surface area contributed by atoms with Crippen molar-refractivity contribution in [1.29, 1.82) is 0 Å². The molecule has 0 aliphatic heterocycles. The summed E-state index contributed by atoms with van der Waals surface area (Å²) in [7, 11) is 0. The van der Waals surface area contributed by atoms with Crippen LogP contribution >= 0.6 is 0 Å². The van der Waals surface area contributed by atoms with Gasteiger partial charge in [-0.15, -0.1) is 0 Å². The largest absolute Gasteiger partial charge is 0.358 e. The molecular weight excluding hydrogens is 160 g/mol. The van der Waals surface area contributed by atoms with Crippen LogP contribution in [0, 0.1) is 6.92 Å². The number of benzene rings is 1. The molecule has 0 atom stereocenters. The van der Waals surface area contributed by atoms with Gasteiger partial charge in [0.25, 0.3) is 0 Å². The summed E-state index contributed by atoms with van der Waals surface area (Å²) in [5.74, 6) is 0. The number of rotatable bonds is 2. The third-order valence-electron chi connectivity index (χ3n) is 2.45. The van der Waals surface area contributed by atoms with Gasteiger partial charge in [-0.3, -0.25) is 0 Å². The highest BCUT2D eigenvalue weighted by Crippen LogP contribution is 2.21. The second-order valence-corrected chi connectivity index (χ2v) is 3.38. The minimum absolute atomic E-state index is 0.961. The molecule has 0 radical (unpaired) electrons. The van der Waals surface area contributed by atoms with Crippen molar-refractivity contribution in [3.05, 3.63) is 35.5 Å². The summed E-state index contributed by atoms with van der Waals surface area (Å²) in [6.07, 6.45) is 1.07. The summed E-state index contributed by atoms with van der Waals surface area (Å²) in [4.78, 5) is 3.38. The Kier molecular flexibility index (Phi) is 2.07. The minimum Gasteiger partial charge on any atom is -0.358 e. The number of quaternary nitrogens is 1. The molecule has 1 aromatic heterocycles. The molecule has 2 rings (SSSR count). The predicted molar refractivity (Wildman–Crippen MR) is 54.5 cm³/mol. The number of para-hydroxylation sites is 1. The number of aromatic amines is 1. The van der Waals surface area contributed by atoms with Crippen molar-refractivity contribution in [2.45, 2.75) is 13.3 Å². The Labute approximate surface area is 77.8 Å². The lowest BCUT2D eigenvalue weighted by Crippen LogP contribution is -2.51. The zero-order valence-corrected chi connectivity index (χ0v) is 7.93. The number of nitrogens with one attached hydrogen (secondary N) is 1. The van der Waals surface area contributed by atoms with E-state index < -0.39 is 0 Å². The fourth-order valence-corrected chi connectivity index (χ4v) is 1.83. The molecule has 1 aromatic carbocycles. The number of H-pyrrole nitrogens is 1. The van der Waals surface area contributed by atoms with Gasteiger partial charge in [-0.25, -0.2) is 0 Å². The van der Waals surface area contributed by atoms with Crippen LogP contribution in [0.5, 0.6) is 0 Å². The van der Waals surface area contributed by atoms with E-state index >= 15 is 0 Å². The van der Waals surface area contributed by atoms with Gasteiger partial charge in [-0.05, 0) is 18.6 Å². The van der Waals surface area contributed by atoms with E-state index in [4.69, 9.17) is 0 Å². The Balaban J connectivity index is 2.64. The van der Waals surface area contributed by atoms with Crippen LogP contribution in [-0.4, -0.2) is 11.5 Å². The molecule has 2 nitrogen and oxygen atoms in total. The molecule has 1 heterocycles. The number of hydrogen-bond acceptors (Lipinski definition) is 0. The van der Waals surface area contributed by atoms with E-state index in [-0.39, 0.29) is 0 Å². The molecule has 0 aliphatic carbocycles. The highest BCUT2D eigenvalue weighted by Gasteiger charge is 2.06. The van der Waals surface area contributed by atoms with Gasteiger partial charge in [0, 0.05) is 23.0 Å². The first-order valence-corrected chi connectivity index (χ1v) is 4.68. The molecule has 0 unspecified atom stereocenters. The first kappa shape index (κ1) is 8.32. The molecule has 68 valence electrons. The first-order valence-electron chi connectivity index (χ1n) is 4.68. The summed E-state index contributed by atoms with van der Waals surface area (Å²) in [5, 5.41) is 1.35. The van der Waals surface area contributed by atoms with Crippen LogP contribution in [0.4, 0.5) is 0 Å². The van der Waals surface area contributed by atoms with Gasteiger partial charge in [-0.2, -0.15) is 0 Å². The average Bonchev–Trinajstić information content (AvgIpc) is 2.44. The number of aromatic nitrogens is 1. The summed E-state index contributed by atoms with van der Waals surface area (Å²) in [6, 6.07) is 8.44. The summed E-state index contributed by atoms with van der Waals surface area (Å²) >= 11 is 0. The van der Waals surface area contributed by atoms with Crippen LogP contribution in [0.15, 0.2) is 24.3 Å². The molecular formula is C11H15N2+. The first-order chi connectivity index (χ1) is 6.33. The van der Waals surface area contributed by atoms with Gasteiger partial charge in [0.05, 0.1) is 6.54 Å². The predicted octanol–water partition coefficient (Wildman–Crippen LogP) is 1.26. The lowest BCUT2D eigenvalue weighted by molar-refractivity contribution is -0.366. The molecule has 0 saturated carbocycles. The van der Waals surface area contributed by atoms with E-state index in [1.807, 2.05) is 0 Å². The molecule has 0 spiro atoms. The van der Waals surface area contributed by atoms with Crippen molar-refractivity contribution in [1.82, 2.24) is 4.98 Å². The van der Waals surface area contributed by atoms with E-state index in [1.165, 1.54) is 22.2 Å². The molecule has 2 aromatic rings. The Morgan fingerprint density at radius 2 is 2.08 bits per heavy atom. The van der Waals surface area contributed by atoms with E-state index in [1.54, 1.807) is 0 Å².